The van der Waals surface area contributed by atoms with Crippen LogP contribution in [-0.4, -0.2) is 75.4 Å². The van der Waals surface area contributed by atoms with Crippen LogP contribution in [0.25, 0.3) is 16.2 Å². The quantitative estimate of drug-likeness (QED) is 0.470. The van der Waals surface area contributed by atoms with Crippen LogP contribution < -0.4 is 15.4 Å². The monoisotopic (exact) mass is 529 g/mol. The SMILES string of the molecule is CCOc1c(NC(C)C(C)(C)C)nc(-c2cnn3ccsc23)nc1C(=O)N1CCC(NC(=O)OC)CC1. The molecule has 3 aromatic heterocycles. The molecule has 1 unspecified atom stereocenters. The van der Waals surface area contributed by atoms with E-state index in [4.69, 9.17) is 19.4 Å². The second-order valence-corrected chi connectivity index (χ2v) is 11.0. The summed E-state index contributed by atoms with van der Waals surface area (Å²) in [5.74, 6) is 1.01. The molecule has 11 nitrogen and oxygen atoms in total. The third-order valence-corrected chi connectivity index (χ3v) is 7.56. The number of aromatic nitrogens is 4. The van der Waals surface area contributed by atoms with Crippen LogP contribution in [0.1, 0.15) is 57.9 Å². The summed E-state index contributed by atoms with van der Waals surface area (Å²) in [6.07, 6.45) is 4.37. The lowest BCUT2D eigenvalue weighted by Crippen LogP contribution is -2.46. The summed E-state index contributed by atoms with van der Waals surface area (Å²) in [5.41, 5.74) is 0.900. The molecule has 0 radical (unpaired) electrons. The number of methoxy groups -OCH3 is 1. The number of nitrogens with one attached hydrogen (secondary N) is 2. The summed E-state index contributed by atoms with van der Waals surface area (Å²) in [5, 5.41) is 12.6. The fourth-order valence-electron chi connectivity index (χ4n) is 4.00. The van der Waals surface area contributed by atoms with Crippen molar-refractivity contribution < 1.29 is 19.1 Å². The number of piperidine rings is 1. The second-order valence-electron chi connectivity index (χ2n) is 10.2. The summed E-state index contributed by atoms with van der Waals surface area (Å²) in [6.45, 7) is 11.7. The molecule has 3 aromatic rings. The highest BCUT2D eigenvalue weighted by Crippen LogP contribution is 2.35. The van der Waals surface area contributed by atoms with Crippen LogP contribution in [0.3, 0.4) is 0 Å². The molecule has 0 spiro atoms. The Morgan fingerprint density at radius 1 is 1.24 bits per heavy atom. The summed E-state index contributed by atoms with van der Waals surface area (Å²) >= 11 is 1.53. The van der Waals surface area contributed by atoms with E-state index in [1.165, 1.54) is 18.4 Å². The van der Waals surface area contributed by atoms with Crippen LogP contribution in [-0.2, 0) is 4.74 Å². The van der Waals surface area contributed by atoms with Crippen LogP contribution in [0.5, 0.6) is 5.75 Å². The predicted molar refractivity (Wildman–Crippen MR) is 142 cm³/mol. The van der Waals surface area contributed by atoms with E-state index < -0.39 is 6.09 Å². The Hall–Kier alpha value is -3.41. The Morgan fingerprint density at radius 2 is 1.97 bits per heavy atom. The normalized spacial score (nSPS) is 15.5. The van der Waals surface area contributed by atoms with Gasteiger partial charge in [-0.1, -0.05) is 20.8 Å². The predicted octanol–water partition coefficient (Wildman–Crippen LogP) is 4.06. The minimum Gasteiger partial charge on any atom is -0.488 e. The Balaban J connectivity index is 1.72. The van der Waals surface area contributed by atoms with Crippen LogP contribution in [0.4, 0.5) is 10.6 Å². The molecule has 4 heterocycles. The molecule has 0 saturated carbocycles. The highest BCUT2D eigenvalue weighted by Gasteiger charge is 2.31. The van der Waals surface area contributed by atoms with Gasteiger partial charge in [-0.05, 0) is 32.1 Å². The fraction of sp³-hybridized carbons (Fsp3) is 0.560. The summed E-state index contributed by atoms with van der Waals surface area (Å²) in [6, 6.07) is -0.0142. The van der Waals surface area contributed by atoms with Gasteiger partial charge in [-0.2, -0.15) is 5.10 Å². The number of nitrogens with zero attached hydrogens (tertiary/aromatic N) is 5. The highest BCUT2D eigenvalue weighted by molar-refractivity contribution is 7.16. The van der Waals surface area contributed by atoms with Crippen molar-refractivity contribution in [1.29, 1.82) is 0 Å². The number of carbonyl (C=O) groups excluding carboxylic acids is 2. The minimum absolute atomic E-state index is 0.0338. The van der Waals surface area contributed by atoms with E-state index in [2.05, 4.69) is 43.4 Å². The van der Waals surface area contributed by atoms with Crippen molar-refractivity contribution in [1.82, 2.24) is 29.8 Å². The first kappa shape index (κ1) is 26.6. The number of rotatable bonds is 7. The van der Waals surface area contributed by atoms with Crippen LogP contribution in [0, 0.1) is 5.41 Å². The van der Waals surface area contributed by atoms with Gasteiger partial charge in [0.25, 0.3) is 5.91 Å². The van der Waals surface area contributed by atoms with Gasteiger partial charge in [-0.15, -0.1) is 11.3 Å². The molecular formula is C25H35N7O4S. The van der Waals surface area contributed by atoms with E-state index in [1.807, 2.05) is 18.5 Å². The maximum absolute atomic E-state index is 13.8. The number of amides is 2. The zero-order valence-electron chi connectivity index (χ0n) is 22.2. The van der Waals surface area contributed by atoms with Gasteiger partial charge in [0.2, 0.25) is 0 Å². The molecule has 2 N–H and O–H groups in total. The number of thiazole rings is 1. The van der Waals surface area contributed by atoms with Gasteiger partial charge in [0, 0.05) is 36.8 Å². The number of anilines is 1. The van der Waals surface area contributed by atoms with Gasteiger partial charge >= 0.3 is 6.09 Å². The molecule has 12 heteroatoms. The molecule has 0 aliphatic carbocycles. The lowest BCUT2D eigenvalue weighted by atomic mass is 9.88. The largest absolute Gasteiger partial charge is 0.488 e. The summed E-state index contributed by atoms with van der Waals surface area (Å²) in [7, 11) is 1.34. The van der Waals surface area contributed by atoms with Gasteiger partial charge < -0.3 is 25.0 Å². The van der Waals surface area contributed by atoms with Gasteiger partial charge in [0.1, 0.15) is 4.83 Å². The Morgan fingerprint density at radius 3 is 2.62 bits per heavy atom. The molecule has 1 fully saturated rings. The molecule has 2 amide bonds. The van der Waals surface area contributed by atoms with E-state index in [9.17, 15) is 9.59 Å². The van der Waals surface area contributed by atoms with Crippen LogP contribution in [0.15, 0.2) is 17.8 Å². The number of ether oxygens (including phenoxy) is 2. The van der Waals surface area contributed by atoms with E-state index in [0.29, 0.717) is 49.9 Å². The summed E-state index contributed by atoms with van der Waals surface area (Å²) in [4.78, 5) is 37.7. The molecule has 4 rings (SSSR count). The van der Waals surface area contributed by atoms with E-state index in [-0.39, 0.29) is 29.1 Å². The maximum Gasteiger partial charge on any atom is 0.407 e. The fourth-order valence-corrected chi connectivity index (χ4v) is 4.79. The molecular weight excluding hydrogens is 494 g/mol. The Labute approximate surface area is 220 Å². The zero-order chi connectivity index (χ0) is 26.7. The van der Waals surface area contributed by atoms with Crippen molar-refractivity contribution in [2.24, 2.45) is 5.41 Å². The molecule has 0 bridgehead atoms. The lowest BCUT2D eigenvalue weighted by Gasteiger charge is -2.33. The zero-order valence-corrected chi connectivity index (χ0v) is 23.0. The van der Waals surface area contributed by atoms with Gasteiger partial charge in [-0.25, -0.2) is 19.3 Å². The third-order valence-electron chi connectivity index (χ3n) is 6.67. The van der Waals surface area contributed by atoms with Crippen molar-refractivity contribution in [3.05, 3.63) is 23.5 Å². The molecule has 37 heavy (non-hydrogen) atoms. The second kappa shape index (κ2) is 10.9. The molecule has 200 valence electrons. The molecule has 1 aliphatic heterocycles. The van der Waals surface area contributed by atoms with Crippen LogP contribution in [0.2, 0.25) is 0 Å². The van der Waals surface area contributed by atoms with Gasteiger partial charge in [0.05, 0.1) is 25.5 Å². The Bertz CT molecular complexity index is 1260. The van der Waals surface area contributed by atoms with E-state index in [0.717, 1.165) is 10.4 Å². The Kier molecular flexibility index (Phi) is 7.86. The van der Waals surface area contributed by atoms with E-state index in [1.54, 1.807) is 15.6 Å². The van der Waals surface area contributed by atoms with Crippen LogP contribution >= 0.6 is 11.3 Å². The van der Waals surface area contributed by atoms with Crippen molar-refractivity contribution >= 4 is 34.0 Å². The first-order chi connectivity index (χ1) is 17.6. The minimum atomic E-state index is -0.464. The van der Waals surface area contributed by atoms with E-state index >= 15 is 0 Å². The molecule has 1 saturated heterocycles. The molecule has 0 aromatic carbocycles. The lowest BCUT2D eigenvalue weighted by molar-refractivity contribution is 0.0693. The van der Waals surface area contributed by atoms with Crippen molar-refractivity contribution in [3.63, 3.8) is 0 Å². The highest BCUT2D eigenvalue weighted by atomic mass is 32.1. The van der Waals surface area contributed by atoms with Crippen molar-refractivity contribution in [2.75, 3.05) is 32.1 Å². The average Bonchev–Trinajstić information content (AvgIpc) is 3.49. The molecule has 1 atom stereocenters. The number of hydrogen-bond acceptors (Lipinski definition) is 9. The molecule has 1 aliphatic rings. The van der Waals surface area contributed by atoms with Gasteiger partial charge in [0.15, 0.2) is 23.1 Å². The standard InChI is InChI=1S/C25H35N7O4S/c1-7-36-19-18(22(33)31-10-8-16(9-11-31)28-24(34)35-6)29-20(17-14-26-32-12-13-37-23(17)32)30-21(19)27-15(2)25(3,4)5/h12-16H,7-11H2,1-6H3,(H,28,34)(H,27,29,30). The number of alkyl carbamates (subject to hydrolysis) is 1. The third kappa shape index (κ3) is 5.79. The maximum atomic E-state index is 13.8. The topological polar surface area (TPSA) is 123 Å². The number of hydrogen-bond donors (Lipinski definition) is 2. The number of fused-ring (bicyclic) bond motifs is 1. The number of likely N-dealkylation sites (tertiary alicyclic amines) is 1. The summed E-state index contributed by atoms with van der Waals surface area (Å²) < 4.78 is 12.5. The average molecular weight is 530 g/mol. The van der Waals surface area contributed by atoms with Gasteiger partial charge in [-0.3, -0.25) is 4.79 Å². The van der Waals surface area contributed by atoms with Crippen molar-refractivity contribution in [3.8, 4) is 17.1 Å². The first-order valence-electron chi connectivity index (χ1n) is 12.5. The first-order valence-corrected chi connectivity index (χ1v) is 13.4. The number of carbonyl (C=O) groups is 2. The smallest absolute Gasteiger partial charge is 0.407 e. The van der Waals surface area contributed by atoms with Crippen molar-refractivity contribution in [2.45, 2.75) is 59.5 Å².